The highest BCUT2D eigenvalue weighted by Crippen LogP contribution is 2.31. The highest BCUT2D eigenvalue weighted by atomic mass is 16.5. The number of hydrogen-bond acceptors (Lipinski definition) is 3. The molecule has 0 saturated heterocycles. The molecule has 1 heterocycles. The van der Waals surface area contributed by atoms with E-state index in [0.29, 0.717) is 19.4 Å². The van der Waals surface area contributed by atoms with Crippen molar-refractivity contribution in [2.24, 2.45) is 0 Å². The van der Waals surface area contributed by atoms with Crippen LogP contribution in [0.5, 0.6) is 0 Å². The van der Waals surface area contributed by atoms with Crippen molar-refractivity contribution < 1.29 is 9.53 Å². The van der Waals surface area contributed by atoms with Crippen molar-refractivity contribution in [3.8, 4) is 22.4 Å². The summed E-state index contributed by atoms with van der Waals surface area (Å²) in [5.41, 5.74) is 9.19. The average Bonchev–Trinajstić information content (AvgIpc) is 2.77. The first-order valence-corrected chi connectivity index (χ1v) is 10.8. The number of fused-ring (bicyclic) bond motifs is 1. The van der Waals surface area contributed by atoms with Gasteiger partial charge >= 0.3 is 5.97 Å². The van der Waals surface area contributed by atoms with Crippen molar-refractivity contribution in [1.29, 1.82) is 0 Å². The summed E-state index contributed by atoms with van der Waals surface area (Å²) in [5.74, 6) is -0.153. The molecule has 0 amide bonds. The van der Waals surface area contributed by atoms with Crippen LogP contribution in [-0.2, 0) is 16.0 Å². The van der Waals surface area contributed by atoms with Crippen LogP contribution >= 0.6 is 0 Å². The number of carbonyl (C=O) groups is 1. The molecule has 0 unspecified atom stereocenters. The molecule has 0 N–H and O–H groups in total. The van der Waals surface area contributed by atoms with Crippen LogP contribution in [0.25, 0.3) is 33.3 Å². The van der Waals surface area contributed by atoms with Crippen LogP contribution in [0.3, 0.4) is 0 Å². The maximum atomic E-state index is 11.6. The molecule has 0 fully saturated rings. The number of nitrogens with zero attached hydrogens (tertiary/aromatic N) is 1. The third-order valence-corrected chi connectivity index (χ3v) is 5.60. The molecule has 0 aliphatic rings. The summed E-state index contributed by atoms with van der Waals surface area (Å²) in [6.45, 7) is 6.56. The Balaban J connectivity index is 1.62. The van der Waals surface area contributed by atoms with E-state index >= 15 is 0 Å². The van der Waals surface area contributed by atoms with Gasteiger partial charge in [-0.2, -0.15) is 0 Å². The predicted octanol–water partition coefficient (Wildman–Crippen LogP) is 6.68. The number of benzene rings is 3. The zero-order chi connectivity index (χ0) is 21.8. The quantitative estimate of drug-likeness (QED) is 0.333. The molecule has 0 aliphatic heterocycles. The average molecular weight is 410 g/mol. The molecule has 3 heteroatoms. The standard InChI is InChI=1S/C28H27NO2/c1-4-31-27(30)16-12-21-11-14-25-23(17-21)13-15-26(29-25)22-9-6-10-24(18-22)28-19(2)7-5-8-20(28)3/h5-11,13-15,17-18H,4,12,16H2,1-3H3. The summed E-state index contributed by atoms with van der Waals surface area (Å²) in [6.07, 6.45) is 1.07. The maximum Gasteiger partial charge on any atom is 0.306 e. The predicted molar refractivity (Wildman–Crippen MR) is 127 cm³/mol. The van der Waals surface area contributed by atoms with E-state index in [4.69, 9.17) is 9.72 Å². The molecule has 0 spiro atoms. The molecule has 4 rings (SSSR count). The van der Waals surface area contributed by atoms with Gasteiger partial charge in [0.05, 0.1) is 17.8 Å². The first-order chi connectivity index (χ1) is 15.0. The normalized spacial score (nSPS) is 10.9. The third-order valence-electron chi connectivity index (χ3n) is 5.60. The lowest BCUT2D eigenvalue weighted by atomic mass is 9.94. The van der Waals surface area contributed by atoms with Gasteiger partial charge in [-0.3, -0.25) is 4.79 Å². The Morgan fingerprint density at radius 2 is 1.61 bits per heavy atom. The van der Waals surface area contributed by atoms with Crippen LogP contribution in [0.4, 0.5) is 0 Å². The molecule has 3 nitrogen and oxygen atoms in total. The molecule has 0 aliphatic carbocycles. The number of pyridine rings is 1. The fourth-order valence-corrected chi connectivity index (χ4v) is 4.07. The molecular formula is C28H27NO2. The van der Waals surface area contributed by atoms with Gasteiger partial charge in [0.15, 0.2) is 0 Å². The SMILES string of the molecule is CCOC(=O)CCc1ccc2nc(-c3cccc(-c4c(C)cccc4C)c3)ccc2c1. The first-order valence-electron chi connectivity index (χ1n) is 10.8. The van der Waals surface area contributed by atoms with Crippen LogP contribution in [0.2, 0.25) is 0 Å². The van der Waals surface area contributed by atoms with Crippen LogP contribution in [-0.4, -0.2) is 17.6 Å². The Labute approximate surface area is 183 Å². The first kappa shape index (κ1) is 20.8. The number of aryl methyl sites for hydroxylation is 3. The number of rotatable bonds is 6. The zero-order valence-electron chi connectivity index (χ0n) is 18.3. The zero-order valence-corrected chi connectivity index (χ0v) is 18.3. The van der Waals surface area contributed by atoms with Gasteiger partial charge in [0, 0.05) is 17.4 Å². The van der Waals surface area contributed by atoms with Gasteiger partial charge in [-0.15, -0.1) is 0 Å². The maximum absolute atomic E-state index is 11.6. The van der Waals surface area contributed by atoms with Gasteiger partial charge < -0.3 is 4.74 Å². The Morgan fingerprint density at radius 3 is 2.39 bits per heavy atom. The van der Waals surface area contributed by atoms with E-state index in [1.165, 1.54) is 22.3 Å². The minimum absolute atomic E-state index is 0.153. The second-order valence-corrected chi connectivity index (χ2v) is 7.88. The summed E-state index contributed by atoms with van der Waals surface area (Å²) in [5, 5.41) is 1.08. The molecule has 0 atom stereocenters. The van der Waals surface area contributed by atoms with Crippen molar-refractivity contribution in [3.63, 3.8) is 0 Å². The molecule has 3 aromatic carbocycles. The van der Waals surface area contributed by atoms with E-state index in [0.717, 1.165) is 27.7 Å². The second-order valence-electron chi connectivity index (χ2n) is 7.88. The third kappa shape index (κ3) is 4.66. The van der Waals surface area contributed by atoms with Gasteiger partial charge in [0.2, 0.25) is 0 Å². The van der Waals surface area contributed by atoms with E-state index < -0.39 is 0 Å². The van der Waals surface area contributed by atoms with Crippen molar-refractivity contribution >= 4 is 16.9 Å². The Kier molecular flexibility index (Phi) is 6.13. The molecule has 31 heavy (non-hydrogen) atoms. The number of aromatic nitrogens is 1. The largest absolute Gasteiger partial charge is 0.466 e. The van der Waals surface area contributed by atoms with E-state index in [2.05, 4.69) is 74.5 Å². The van der Waals surface area contributed by atoms with Crippen LogP contribution < -0.4 is 0 Å². The fraction of sp³-hybridized carbons (Fsp3) is 0.214. The highest BCUT2D eigenvalue weighted by Gasteiger charge is 2.09. The summed E-state index contributed by atoms with van der Waals surface area (Å²) in [6, 6.07) is 25.4. The molecule has 0 bridgehead atoms. The molecule has 1 aromatic heterocycles. The highest BCUT2D eigenvalue weighted by molar-refractivity contribution is 5.83. The summed E-state index contributed by atoms with van der Waals surface area (Å²) in [7, 11) is 0. The van der Waals surface area contributed by atoms with Gasteiger partial charge in [0.25, 0.3) is 0 Å². The van der Waals surface area contributed by atoms with E-state index in [-0.39, 0.29) is 5.97 Å². The monoisotopic (exact) mass is 409 g/mol. The van der Waals surface area contributed by atoms with Crippen molar-refractivity contribution in [3.05, 3.63) is 89.5 Å². The molecule has 0 radical (unpaired) electrons. The minimum Gasteiger partial charge on any atom is -0.466 e. The van der Waals surface area contributed by atoms with Gasteiger partial charge in [-0.1, -0.05) is 48.5 Å². The number of carbonyl (C=O) groups excluding carboxylic acids is 1. The topological polar surface area (TPSA) is 39.2 Å². The van der Waals surface area contributed by atoms with Crippen molar-refractivity contribution in [2.75, 3.05) is 6.61 Å². The number of hydrogen-bond donors (Lipinski definition) is 0. The lowest BCUT2D eigenvalue weighted by molar-refractivity contribution is -0.143. The number of esters is 1. The van der Waals surface area contributed by atoms with Crippen LogP contribution in [0.1, 0.15) is 30.0 Å². The molecular weight excluding hydrogens is 382 g/mol. The van der Waals surface area contributed by atoms with Gasteiger partial charge in [-0.25, -0.2) is 4.98 Å². The summed E-state index contributed by atoms with van der Waals surface area (Å²) >= 11 is 0. The Bertz CT molecular complexity index is 1220. The van der Waals surface area contributed by atoms with Gasteiger partial charge in [-0.05, 0) is 79.3 Å². The smallest absolute Gasteiger partial charge is 0.306 e. The van der Waals surface area contributed by atoms with E-state index in [1.807, 2.05) is 19.1 Å². The molecule has 156 valence electrons. The lowest BCUT2D eigenvalue weighted by Gasteiger charge is -2.12. The molecule has 0 saturated carbocycles. The van der Waals surface area contributed by atoms with Gasteiger partial charge in [0.1, 0.15) is 0 Å². The number of ether oxygens (including phenoxy) is 1. The fourth-order valence-electron chi connectivity index (χ4n) is 4.07. The second kappa shape index (κ2) is 9.13. The summed E-state index contributed by atoms with van der Waals surface area (Å²) < 4.78 is 5.02. The summed E-state index contributed by atoms with van der Waals surface area (Å²) in [4.78, 5) is 16.5. The van der Waals surface area contributed by atoms with Crippen molar-refractivity contribution in [1.82, 2.24) is 4.98 Å². The Morgan fingerprint density at radius 1 is 0.871 bits per heavy atom. The van der Waals surface area contributed by atoms with Crippen LogP contribution in [0.15, 0.2) is 72.8 Å². The van der Waals surface area contributed by atoms with E-state index in [9.17, 15) is 4.79 Å². The Hall–Kier alpha value is -3.46. The van der Waals surface area contributed by atoms with Crippen molar-refractivity contribution in [2.45, 2.75) is 33.6 Å². The van der Waals surface area contributed by atoms with Crippen LogP contribution in [0, 0.1) is 13.8 Å². The minimum atomic E-state index is -0.153. The van der Waals surface area contributed by atoms with E-state index in [1.54, 1.807) is 0 Å². The molecule has 4 aromatic rings. The lowest BCUT2D eigenvalue weighted by Crippen LogP contribution is -2.05.